The molecule has 4 rings (SSSR count). The van der Waals surface area contributed by atoms with Gasteiger partial charge in [-0.1, -0.05) is 54.3 Å². The summed E-state index contributed by atoms with van der Waals surface area (Å²) in [5.74, 6) is 0.426. The van der Waals surface area contributed by atoms with Crippen LogP contribution < -0.4 is 9.64 Å². The third-order valence-corrected chi connectivity index (χ3v) is 6.36. The zero-order chi connectivity index (χ0) is 19.8. The summed E-state index contributed by atoms with van der Waals surface area (Å²) in [6, 6.07) is 15.2. The Labute approximate surface area is 173 Å². The molecule has 2 aliphatic rings. The number of amides is 2. The maximum absolute atomic E-state index is 13.1. The highest BCUT2D eigenvalue weighted by Gasteiger charge is 2.40. The van der Waals surface area contributed by atoms with Crippen LogP contribution in [0.4, 0.5) is 5.69 Å². The van der Waals surface area contributed by atoms with Gasteiger partial charge in [0.15, 0.2) is 0 Å². The number of anilines is 1. The predicted molar refractivity (Wildman–Crippen MR) is 115 cm³/mol. The largest absolute Gasteiger partial charge is 0.497 e. The molecule has 2 amide bonds. The minimum atomic E-state index is -0.197. The van der Waals surface area contributed by atoms with Gasteiger partial charge in [0.05, 0.1) is 23.3 Å². The minimum Gasteiger partial charge on any atom is -0.497 e. The molecular formula is C21H18N2O3S2. The number of rotatable bonds is 4. The number of methoxy groups -OCH3 is 1. The lowest BCUT2D eigenvalue weighted by molar-refractivity contribution is -0.122. The van der Waals surface area contributed by atoms with E-state index in [1.807, 2.05) is 48.5 Å². The van der Waals surface area contributed by atoms with Crippen molar-refractivity contribution < 1.29 is 14.3 Å². The van der Waals surface area contributed by atoms with Gasteiger partial charge in [-0.15, -0.1) is 0 Å². The van der Waals surface area contributed by atoms with Gasteiger partial charge in [0.1, 0.15) is 10.1 Å². The molecule has 5 nitrogen and oxygen atoms in total. The maximum Gasteiger partial charge on any atom is 0.267 e. The number of likely N-dealkylation sites (N-methyl/N-ethyl adjacent to an activating group) is 1. The number of para-hydroxylation sites is 1. The van der Waals surface area contributed by atoms with Gasteiger partial charge in [0.2, 0.25) is 0 Å². The second-order valence-corrected chi connectivity index (χ2v) is 8.15. The van der Waals surface area contributed by atoms with Crippen molar-refractivity contribution in [2.45, 2.75) is 6.42 Å². The molecule has 2 heterocycles. The predicted octanol–water partition coefficient (Wildman–Crippen LogP) is 3.49. The van der Waals surface area contributed by atoms with Crippen molar-refractivity contribution in [3.63, 3.8) is 0 Å². The fourth-order valence-corrected chi connectivity index (χ4v) is 4.74. The first kappa shape index (κ1) is 18.7. The van der Waals surface area contributed by atoms with Crippen molar-refractivity contribution in [3.8, 4) is 5.75 Å². The standard InChI is InChI=1S/C21H18N2O3S2/c1-22-16-6-4-3-5-15(16)17(19(22)24)18-20(25)23(21(27)28-18)12-11-13-7-9-14(26-2)10-8-13/h3-10H,11-12H2,1-2H3. The number of benzene rings is 2. The van der Waals surface area contributed by atoms with Crippen LogP contribution in [0, 0.1) is 0 Å². The Morgan fingerprint density at radius 2 is 1.75 bits per heavy atom. The maximum atomic E-state index is 13.1. The molecule has 28 heavy (non-hydrogen) atoms. The van der Waals surface area contributed by atoms with E-state index in [1.165, 1.54) is 11.8 Å². The zero-order valence-electron chi connectivity index (χ0n) is 15.5. The molecule has 0 radical (unpaired) electrons. The van der Waals surface area contributed by atoms with Gasteiger partial charge in [-0.3, -0.25) is 14.5 Å². The Balaban J connectivity index is 1.59. The van der Waals surface area contributed by atoms with Gasteiger partial charge in [-0.25, -0.2) is 0 Å². The van der Waals surface area contributed by atoms with Crippen molar-refractivity contribution in [1.29, 1.82) is 0 Å². The Kier molecular flexibility index (Phi) is 4.95. The number of fused-ring (bicyclic) bond motifs is 1. The Morgan fingerprint density at radius 3 is 2.46 bits per heavy atom. The summed E-state index contributed by atoms with van der Waals surface area (Å²) in [5, 5.41) is 0. The molecule has 0 bridgehead atoms. The van der Waals surface area contributed by atoms with Crippen molar-refractivity contribution in [1.82, 2.24) is 4.90 Å². The van der Waals surface area contributed by atoms with Crippen LogP contribution in [0.2, 0.25) is 0 Å². The molecule has 2 aromatic rings. The summed E-state index contributed by atoms with van der Waals surface area (Å²) in [6.07, 6.45) is 0.670. The van der Waals surface area contributed by atoms with E-state index in [4.69, 9.17) is 17.0 Å². The number of thioether (sulfide) groups is 1. The van der Waals surface area contributed by atoms with Crippen LogP contribution in [0.5, 0.6) is 5.75 Å². The number of carbonyl (C=O) groups is 2. The fraction of sp³-hybridized carbons (Fsp3) is 0.190. The number of hydrogen-bond acceptors (Lipinski definition) is 5. The number of carbonyl (C=O) groups excluding carboxylic acids is 2. The van der Waals surface area contributed by atoms with E-state index in [9.17, 15) is 9.59 Å². The highest BCUT2D eigenvalue weighted by atomic mass is 32.2. The molecule has 0 N–H and O–H groups in total. The van der Waals surface area contributed by atoms with Crippen LogP contribution in [-0.4, -0.2) is 41.7 Å². The van der Waals surface area contributed by atoms with Crippen molar-refractivity contribution in [3.05, 3.63) is 64.6 Å². The van der Waals surface area contributed by atoms with Gasteiger partial charge in [0.25, 0.3) is 11.8 Å². The summed E-state index contributed by atoms with van der Waals surface area (Å²) >= 11 is 6.65. The molecule has 7 heteroatoms. The monoisotopic (exact) mass is 410 g/mol. The molecule has 0 unspecified atom stereocenters. The molecule has 1 fully saturated rings. The summed E-state index contributed by atoms with van der Waals surface area (Å²) in [4.78, 5) is 29.4. The van der Waals surface area contributed by atoms with Crippen LogP contribution >= 0.6 is 24.0 Å². The summed E-state index contributed by atoms with van der Waals surface area (Å²) < 4.78 is 5.66. The normalized spacial score (nSPS) is 18.9. The molecule has 0 aromatic heterocycles. The van der Waals surface area contributed by atoms with E-state index < -0.39 is 0 Å². The van der Waals surface area contributed by atoms with Crippen molar-refractivity contribution in [2.24, 2.45) is 0 Å². The van der Waals surface area contributed by atoms with E-state index in [2.05, 4.69) is 0 Å². The van der Waals surface area contributed by atoms with Crippen LogP contribution in [0.3, 0.4) is 0 Å². The molecular weight excluding hydrogens is 392 g/mol. The van der Waals surface area contributed by atoms with E-state index in [0.29, 0.717) is 27.8 Å². The molecule has 2 aliphatic heterocycles. The number of thiocarbonyl (C=S) groups is 1. The summed E-state index contributed by atoms with van der Waals surface area (Å²) in [5.41, 5.74) is 3.13. The first-order valence-electron chi connectivity index (χ1n) is 8.79. The average Bonchev–Trinajstić information content (AvgIpc) is 3.13. The fourth-order valence-electron chi connectivity index (χ4n) is 3.36. The van der Waals surface area contributed by atoms with Crippen molar-refractivity contribution >= 4 is 51.4 Å². The lowest BCUT2D eigenvalue weighted by Gasteiger charge is -2.14. The second kappa shape index (κ2) is 7.41. The van der Waals surface area contributed by atoms with Gasteiger partial charge in [-0.2, -0.15) is 0 Å². The average molecular weight is 411 g/mol. The van der Waals surface area contributed by atoms with Gasteiger partial charge < -0.3 is 9.64 Å². The molecule has 0 saturated carbocycles. The quantitative estimate of drug-likeness (QED) is 0.571. The lowest BCUT2D eigenvalue weighted by Crippen LogP contribution is -2.30. The summed E-state index contributed by atoms with van der Waals surface area (Å²) in [7, 11) is 3.35. The van der Waals surface area contributed by atoms with E-state index in [0.717, 1.165) is 22.6 Å². The van der Waals surface area contributed by atoms with Gasteiger partial charge in [0, 0.05) is 19.2 Å². The van der Waals surface area contributed by atoms with Gasteiger partial charge in [-0.05, 0) is 30.2 Å². The minimum absolute atomic E-state index is 0.170. The third-order valence-electron chi connectivity index (χ3n) is 4.91. The van der Waals surface area contributed by atoms with Crippen LogP contribution in [0.1, 0.15) is 11.1 Å². The Morgan fingerprint density at radius 1 is 1.04 bits per heavy atom. The number of hydrogen-bond donors (Lipinski definition) is 0. The van der Waals surface area contributed by atoms with Crippen molar-refractivity contribution in [2.75, 3.05) is 25.6 Å². The molecule has 1 saturated heterocycles. The van der Waals surface area contributed by atoms with E-state index in [-0.39, 0.29) is 11.8 Å². The van der Waals surface area contributed by atoms with Gasteiger partial charge >= 0.3 is 0 Å². The zero-order valence-corrected chi connectivity index (χ0v) is 17.1. The van der Waals surface area contributed by atoms with Crippen LogP contribution in [-0.2, 0) is 16.0 Å². The Bertz CT molecular complexity index is 1010. The Hall–Kier alpha value is -2.64. The molecule has 0 spiro atoms. The van der Waals surface area contributed by atoms with Crippen LogP contribution in [0.15, 0.2) is 53.4 Å². The third kappa shape index (κ3) is 3.10. The highest BCUT2D eigenvalue weighted by molar-refractivity contribution is 8.26. The second-order valence-electron chi connectivity index (χ2n) is 6.51. The number of ether oxygens (including phenoxy) is 1. The number of nitrogens with zero attached hydrogens (tertiary/aromatic N) is 2. The van der Waals surface area contributed by atoms with E-state index >= 15 is 0 Å². The highest BCUT2D eigenvalue weighted by Crippen LogP contribution is 2.43. The van der Waals surface area contributed by atoms with E-state index in [1.54, 1.807) is 24.0 Å². The first-order chi connectivity index (χ1) is 13.5. The topological polar surface area (TPSA) is 49.9 Å². The summed E-state index contributed by atoms with van der Waals surface area (Å²) in [6.45, 7) is 0.472. The first-order valence-corrected chi connectivity index (χ1v) is 10.0. The molecule has 0 atom stereocenters. The lowest BCUT2D eigenvalue weighted by atomic mass is 10.1. The smallest absolute Gasteiger partial charge is 0.267 e. The molecule has 0 aliphatic carbocycles. The van der Waals surface area contributed by atoms with Crippen LogP contribution in [0.25, 0.3) is 5.57 Å². The SMILES string of the molecule is COc1ccc(CCN2C(=O)C(=C3C(=O)N(C)c4ccccc43)SC2=S)cc1. The molecule has 2 aromatic carbocycles. The molecule has 142 valence electrons.